The van der Waals surface area contributed by atoms with E-state index in [2.05, 4.69) is 5.32 Å². The molecule has 0 radical (unpaired) electrons. The molecular formula is C13H25NO. The van der Waals surface area contributed by atoms with Crippen molar-refractivity contribution in [2.24, 2.45) is 11.3 Å². The predicted molar refractivity (Wildman–Crippen MR) is 62.8 cm³/mol. The van der Waals surface area contributed by atoms with Crippen LogP contribution in [-0.4, -0.2) is 24.8 Å². The van der Waals surface area contributed by atoms with Gasteiger partial charge in [-0.25, -0.2) is 0 Å². The number of aliphatic hydroxyl groups is 1. The van der Waals surface area contributed by atoms with Gasteiger partial charge >= 0.3 is 0 Å². The lowest BCUT2D eigenvalue weighted by atomic mass is 9.87. The Morgan fingerprint density at radius 1 is 1.07 bits per heavy atom. The van der Waals surface area contributed by atoms with E-state index in [1.165, 1.54) is 57.9 Å². The smallest absolute Gasteiger partial charge is 0.0499 e. The van der Waals surface area contributed by atoms with Gasteiger partial charge in [-0.15, -0.1) is 0 Å². The van der Waals surface area contributed by atoms with Gasteiger partial charge in [0.05, 0.1) is 0 Å². The van der Waals surface area contributed by atoms with Crippen LogP contribution < -0.4 is 5.32 Å². The Bertz CT molecular complexity index is 181. The molecule has 0 aromatic heterocycles. The summed E-state index contributed by atoms with van der Waals surface area (Å²) < 4.78 is 0. The Balaban J connectivity index is 1.67. The average Bonchev–Trinajstić information content (AvgIpc) is 2.89. The van der Waals surface area contributed by atoms with Gasteiger partial charge in [-0.3, -0.25) is 0 Å². The molecule has 88 valence electrons. The van der Waals surface area contributed by atoms with E-state index in [0.717, 1.165) is 12.5 Å². The van der Waals surface area contributed by atoms with Crippen LogP contribution >= 0.6 is 0 Å². The molecule has 0 atom stereocenters. The first-order chi connectivity index (χ1) is 7.35. The number of rotatable bonds is 5. The fraction of sp³-hybridized carbons (Fsp3) is 1.00. The molecule has 2 saturated carbocycles. The summed E-state index contributed by atoms with van der Waals surface area (Å²) in [4.78, 5) is 0. The lowest BCUT2D eigenvalue weighted by Crippen LogP contribution is -2.37. The molecule has 2 aliphatic carbocycles. The monoisotopic (exact) mass is 211 g/mol. The van der Waals surface area contributed by atoms with E-state index in [1.807, 2.05) is 0 Å². The molecule has 0 saturated heterocycles. The highest BCUT2D eigenvalue weighted by Crippen LogP contribution is 2.37. The Labute approximate surface area is 93.5 Å². The van der Waals surface area contributed by atoms with Gasteiger partial charge in [0.25, 0.3) is 0 Å². The van der Waals surface area contributed by atoms with Gasteiger partial charge in [0, 0.05) is 18.6 Å². The van der Waals surface area contributed by atoms with Crippen molar-refractivity contribution in [3.63, 3.8) is 0 Å². The quantitative estimate of drug-likeness (QED) is 0.731. The zero-order valence-electron chi connectivity index (χ0n) is 9.80. The zero-order valence-corrected chi connectivity index (χ0v) is 9.80. The summed E-state index contributed by atoms with van der Waals surface area (Å²) in [6.45, 7) is 2.60. The zero-order chi connectivity index (χ0) is 10.6. The van der Waals surface area contributed by atoms with Gasteiger partial charge in [0.2, 0.25) is 0 Å². The number of hydrogen-bond donors (Lipinski definition) is 2. The molecule has 0 aliphatic heterocycles. The molecule has 2 aliphatic rings. The summed E-state index contributed by atoms with van der Waals surface area (Å²) >= 11 is 0. The summed E-state index contributed by atoms with van der Waals surface area (Å²) in [6, 6.07) is 0. The Kier molecular flexibility index (Phi) is 4.04. The van der Waals surface area contributed by atoms with E-state index < -0.39 is 0 Å². The molecule has 2 N–H and O–H groups in total. The molecule has 2 nitrogen and oxygen atoms in total. The van der Waals surface area contributed by atoms with Crippen molar-refractivity contribution < 1.29 is 5.11 Å². The largest absolute Gasteiger partial charge is 0.396 e. The third kappa shape index (κ3) is 2.94. The van der Waals surface area contributed by atoms with Crippen molar-refractivity contribution in [1.29, 1.82) is 0 Å². The van der Waals surface area contributed by atoms with Gasteiger partial charge in [-0.1, -0.05) is 25.7 Å². The molecule has 2 rings (SSSR count). The predicted octanol–water partition coefficient (Wildman–Crippen LogP) is 2.32. The highest BCUT2D eigenvalue weighted by atomic mass is 16.3. The van der Waals surface area contributed by atoms with E-state index in [4.69, 9.17) is 0 Å². The molecule has 0 amide bonds. The third-order valence-corrected chi connectivity index (χ3v) is 4.41. The van der Waals surface area contributed by atoms with Gasteiger partial charge in [-0.2, -0.15) is 0 Å². The van der Waals surface area contributed by atoms with Crippen LogP contribution in [0.1, 0.15) is 51.4 Å². The first-order valence-electron chi connectivity index (χ1n) is 6.66. The van der Waals surface area contributed by atoms with Crippen LogP contribution in [0.25, 0.3) is 0 Å². The maximum atomic E-state index is 9.47. The molecule has 0 heterocycles. The fourth-order valence-corrected chi connectivity index (χ4v) is 3.27. The van der Waals surface area contributed by atoms with E-state index in [-0.39, 0.29) is 5.41 Å². The molecule has 2 heteroatoms. The Hall–Kier alpha value is -0.0800. The molecule has 0 aromatic rings. The SMILES string of the molecule is OCC1(CNCC2CCCC2)CCCC1. The average molecular weight is 211 g/mol. The van der Waals surface area contributed by atoms with Gasteiger partial charge in [0.15, 0.2) is 0 Å². The summed E-state index contributed by atoms with van der Waals surface area (Å²) in [5, 5.41) is 13.1. The van der Waals surface area contributed by atoms with Crippen molar-refractivity contribution in [1.82, 2.24) is 5.32 Å². The van der Waals surface area contributed by atoms with Crippen LogP contribution in [0.2, 0.25) is 0 Å². The van der Waals surface area contributed by atoms with Crippen LogP contribution in [0.15, 0.2) is 0 Å². The van der Waals surface area contributed by atoms with Crippen molar-refractivity contribution in [2.75, 3.05) is 19.7 Å². The summed E-state index contributed by atoms with van der Waals surface area (Å²) in [6.07, 6.45) is 10.8. The molecule has 2 fully saturated rings. The van der Waals surface area contributed by atoms with Crippen molar-refractivity contribution >= 4 is 0 Å². The Morgan fingerprint density at radius 2 is 1.73 bits per heavy atom. The number of hydrogen-bond acceptors (Lipinski definition) is 2. The fourth-order valence-electron chi connectivity index (χ4n) is 3.27. The van der Waals surface area contributed by atoms with E-state index in [0.29, 0.717) is 6.61 Å². The standard InChI is InChI=1S/C13H25NO/c15-11-13(7-3-4-8-13)10-14-9-12-5-1-2-6-12/h12,14-15H,1-11H2. The van der Waals surface area contributed by atoms with Gasteiger partial charge in [0.1, 0.15) is 0 Å². The number of aliphatic hydroxyl groups excluding tert-OH is 1. The maximum Gasteiger partial charge on any atom is 0.0499 e. The molecule has 0 unspecified atom stereocenters. The molecule has 0 spiro atoms. The molecule has 15 heavy (non-hydrogen) atoms. The van der Waals surface area contributed by atoms with Gasteiger partial charge in [-0.05, 0) is 38.1 Å². The van der Waals surface area contributed by atoms with Crippen molar-refractivity contribution in [2.45, 2.75) is 51.4 Å². The van der Waals surface area contributed by atoms with Crippen LogP contribution in [0.4, 0.5) is 0 Å². The van der Waals surface area contributed by atoms with E-state index >= 15 is 0 Å². The second-order valence-corrected chi connectivity index (χ2v) is 5.65. The van der Waals surface area contributed by atoms with Crippen molar-refractivity contribution in [3.8, 4) is 0 Å². The summed E-state index contributed by atoms with van der Waals surface area (Å²) in [5.41, 5.74) is 0.235. The van der Waals surface area contributed by atoms with Gasteiger partial charge < -0.3 is 10.4 Å². The molecule has 0 aromatic carbocycles. The minimum absolute atomic E-state index is 0.235. The minimum atomic E-state index is 0.235. The molecular weight excluding hydrogens is 186 g/mol. The lowest BCUT2D eigenvalue weighted by molar-refractivity contribution is 0.127. The third-order valence-electron chi connectivity index (χ3n) is 4.41. The number of nitrogens with one attached hydrogen (secondary N) is 1. The normalized spacial score (nSPS) is 26.2. The Morgan fingerprint density at radius 3 is 2.33 bits per heavy atom. The highest BCUT2D eigenvalue weighted by Gasteiger charge is 2.32. The first kappa shape index (κ1) is 11.4. The minimum Gasteiger partial charge on any atom is -0.396 e. The second kappa shape index (κ2) is 5.31. The van der Waals surface area contributed by atoms with Crippen molar-refractivity contribution in [3.05, 3.63) is 0 Å². The van der Waals surface area contributed by atoms with E-state index in [9.17, 15) is 5.11 Å². The highest BCUT2D eigenvalue weighted by molar-refractivity contribution is 4.86. The molecule has 0 bridgehead atoms. The van der Waals surface area contributed by atoms with Crippen LogP contribution in [0.5, 0.6) is 0 Å². The maximum absolute atomic E-state index is 9.47. The second-order valence-electron chi connectivity index (χ2n) is 5.65. The topological polar surface area (TPSA) is 32.3 Å². The van der Waals surface area contributed by atoms with E-state index in [1.54, 1.807) is 0 Å². The van der Waals surface area contributed by atoms with Crippen LogP contribution in [-0.2, 0) is 0 Å². The lowest BCUT2D eigenvalue weighted by Gasteiger charge is -2.27. The summed E-state index contributed by atoms with van der Waals surface area (Å²) in [5.74, 6) is 0.919. The first-order valence-corrected chi connectivity index (χ1v) is 6.66. The summed E-state index contributed by atoms with van der Waals surface area (Å²) in [7, 11) is 0. The van der Waals surface area contributed by atoms with Crippen LogP contribution in [0.3, 0.4) is 0 Å². The van der Waals surface area contributed by atoms with Crippen LogP contribution in [0, 0.1) is 11.3 Å².